The lowest BCUT2D eigenvalue weighted by Gasteiger charge is -2.08. The molecule has 56 valence electrons. The van der Waals surface area contributed by atoms with Crippen LogP contribution in [-0.4, -0.2) is 25.3 Å². The summed E-state index contributed by atoms with van der Waals surface area (Å²) in [5.41, 5.74) is 0. The van der Waals surface area contributed by atoms with Gasteiger partial charge in [0.05, 0.1) is 4.61 Å². The van der Waals surface area contributed by atoms with E-state index < -0.39 is 0 Å². The Morgan fingerprint density at radius 3 is 2.40 bits per heavy atom. The molecule has 0 radical (unpaired) electrons. The molecule has 0 aliphatic heterocycles. The standard InChI is InChI=1S/C7H10BrNO/c1-9(2)7(8)5-3-4-6-10/h3-6H,1-2H3/b4-3+,7-5+. The van der Waals surface area contributed by atoms with E-state index in [4.69, 9.17) is 0 Å². The first kappa shape index (κ1) is 9.43. The monoisotopic (exact) mass is 203 g/mol. The van der Waals surface area contributed by atoms with Crippen LogP contribution < -0.4 is 0 Å². The van der Waals surface area contributed by atoms with Gasteiger partial charge in [0.2, 0.25) is 0 Å². The second-order valence-electron chi connectivity index (χ2n) is 1.90. The molecule has 3 heteroatoms. The second-order valence-corrected chi connectivity index (χ2v) is 2.72. The normalized spacial score (nSPS) is 12.1. The van der Waals surface area contributed by atoms with Crippen LogP contribution in [0.5, 0.6) is 0 Å². The van der Waals surface area contributed by atoms with Crippen molar-refractivity contribution in [2.75, 3.05) is 14.1 Å². The molecule has 0 saturated heterocycles. The van der Waals surface area contributed by atoms with Gasteiger partial charge in [0, 0.05) is 14.1 Å². The lowest BCUT2D eigenvalue weighted by atomic mass is 10.5. The minimum Gasteiger partial charge on any atom is -0.372 e. The molecule has 0 aliphatic rings. The zero-order chi connectivity index (χ0) is 7.98. The van der Waals surface area contributed by atoms with E-state index in [9.17, 15) is 4.79 Å². The van der Waals surface area contributed by atoms with Crippen molar-refractivity contribution in [3.05, 3.63) is 22.8 Å². The molecular weight excluding hydrogens is 194 g/mol. The maximum Gasteiger partial charge on any atom is 0.142 e. The van der Waals surface area contributed by atoms with Crippen molar-refractivity contribution in [1.82, 2.24) is 4.90 Å². The third kappa shape index (κ3) is 4.32. The van der Waals surface area contributed by atoms with Crippen LogP contribution in [0.4, 0.5) is 0 Å². The lowest BCUT2D eigenvalue weighted by molar-refractivity contribution is -0.104. The van der Waals surface area contributed by atoms with Crippen LogP contribution in [0.15, 0.2) is 22.8 Å². The van der Waals surface area contributed by atoms with E-state index in [0.29, 0.717) is 0 Å². The predicted octanol–water partition coefficient (Wildman–Crippen LogP) is 1.54. The number of aldehydes is 1. The van der Waals surface area contributed by atoms with Crippen molar-refractivity contribution in [3.8, 4) is 0 Å². The Labute approximate surface area is 69.3 Å². The molecule has 0 aromatic heterocycles. The highest BCUT2D eigenvalue weighted by atomic mass is 79.9. The molecular formula is C7H10BrNO. The average molecular weight is 204 g/mol. The van der Waals surface area contributed by atoms with Gasteiger partial charge in [0.25, 0.3) is 0 Å². The SMILES string of the molecule is CN(C)/C(Br)=C/C=C/C=O. The number of rotatable bonds is 3. The zero-order valence-electron chi connectivity index (χ0n) is 6.04. The first-order chi connectivity index (χ1) is 4.68. The Balaban J connectivity index is 3.91. The Bertz CT molecular complexity index is 161. The van der Waals surface area contributed by atoms with Gasteiger partial charge in [0.15, 0.2) is 0 Å². The van der Waals surface area contributed by atoms with E-state index in [-0.39, 0.29) is 0 Å². The molecule has 0 aromatic rings. The first-order valence-electron chi connectivity index (χ1n) is 2.83. The smallest absolute Gasteiger partial charge is 0.142 e. The third-order valence-electron chi connectivity index (χ3n) is 0.851. The van der Waals surface area contributed by atoms with Crippen molar-refractivity contribution < 1.29 is 4.79 Å². The van der Waals surface area contributed by atoms with Gasteiger partial charge in [-0.05, 0) is 28.1 Å². The van der Waals surface area contributed by atoms with Gasteiger partial charge in [-0.3, -0.25) is 4.79 Å². The number of hydrogen-bond acceptors (Lipinski definition) is 2. The van der Waals surface area contributed by atoms with Crippen LogP contribution in [0.1, 0.15) is 0 Å². The summed E-state index contributed by atoms with van der Waals surface area (Å²) in [4.78, 5) is 11.7. The molecule has 0 unspecified atom stereocenters. The zero-order valence-corrected chi connectivity index (χ0v) is 7.63. The molecule has 0 atom stereocenters. The summed E-state index contributed by atoms with van der Waals surface area (Å²) in [6, 6.07) is 0. The van der Waals surface area contributed by atoms with Gasteiger partial charge in [0.1, 0.15) is 6.29 Å². The number of allylic oxidation sites excluding steroid dienone is 3. The Hall–Kier alpha value is -0.570. The topological polar surface area (TPSA) is 20.3 Å². The Morgan fingerprint density at radius 1 is 1.40 bits per heavy atom. The highest BCUT2D eigenvalue weighted by molar-refractivity contribution is 9.11. The largest absolute Gasteiger partial charge is 0.372 e. The summed E-state index contributed by atoms with van der Waals surface area (Å²) < 4.78 is 0.936. The van der Waals surface area contributed by atoms with E-state index in [1.807, 2.05) is 19.0 Å². The van der Waals surface area contributed by atoms with Gasteiger partial charge >= 0.3 is 0 Å². The fourth-order valence-corrected chi connectivity index (χ4v) is 0.482. The fourth-order valence-electron chi connectivity index (χ4n) is 0.329. The molecule has 0 aliphatic carbocycles. The predicted molar refractivity (Wildman–Crippen MR) is 45.9 cm³/mol. The molecule has 0 heterocycles. The number of halogens is 1. The molecule has 0 spiro atoms. The van der Waals surface area contributed by atoms with Crippen molar-refractivity contribution in [3.63, 3.8) is 0 Å². The highest BCUT2D eigenvalue weighted by Crippen LogP contribution is 2.06. The van der Waals surface area contributed by atoms with Crippen LogP contribution in [0.2, 0.25) is 0 Å². The van der Waals surface area contributed by atoms with Crippen molar-refractivity contribution in [2.45, 2.75) is 0 Å². The summed E-state index contributed by atoms with van der Waals surface area (Å²) in [5, 5.41) is 0. The quantitative estimate of drug-likeness (QED) is 0.301. The van der Waals surface area contributed by atoms with Gasteiger partial charge in [-0.15, -0.1) is 0 Å². The Morgan fingerprint density at radius 2 is 2.00 bits per heavy atom. The summed E-state index contributed by atoms with van der Waals surface area (Å²) in [5.74, 6) is 0. The average Bonchev–Trinajstić information content (AvgIpc) is 1.88. The summed E-state index contributed by atoms with van der Waals surface area (Å²) in [7, 11) is 3.82. The van der Waals surface area contributed by atoms with E-state index >= 15 is 0 Å². The molecule has 0 fully saturated rings. The molecule has 0 saturated carbocycles. The number of hydrogen-bond donors (Lipinski definition) is 0. The van der Waals surface area contributed by atoms with Gasteiger partial charge in [-0.1, -0.05) is 6.08 Å². The van der Waals surface area contributed by atoms with Crippen molar-refractivity contribution in [2.24, 2.45) is 0 Å². The van der Waals surface area contributed by atoms with Crippen LogP contribution in [-0.2, 0) is 4.79 Å². The minimum atomic E-state index is 0.742. The third-order valence-corrected chi connectivity index (χ3v) is 1.82. The van der Waals surface area contributed by atoms with Gasteiger partial charge < -0.3 is 4.90 Å². The minimum absolute atomic E-state index is 0.742. The van der Waals surface area contributed by atoms with E-state index in [2.05, 4.69) is 15.9 Å². The molecule has 10 heavy (non-hydrogen) atoms. The molecule has 0 amide bonds. The second kappa shape index (κ2) is 5.23. The Kier molecular flexibility index (Phi) is 4.94. The van der Waals surface area contributed by atoms with Gasteiger partial charge in [-0.25, -0.2) is 0 Å². The van der Waals surface area contributed by atoms with Crippen LogP contribution >= 0.6 is 15.9 Å². The van der Waals surface area contributed by atoms with Crippen LogP contribution in [0.25, 0.3) is 0 Å². The maximum atomic E-state index is 9.81. The van der Waals surface area contributed by atoms with Crippen molar-refractivity contribution in [1.29, 1.82) is 0 Å². The summed E-state index contributed by atoms with van der Waals surface area (Å²) >= 11 is 3.29. The van der Waals surface area contributed by atoms with E-state index in [1.165, 1.54) is 6.08 Å². The van der Waals surface area contributed by atoms with E-state index in [1.54, 1.807) is 12.2 Å². The van der Waals surface area contributed by atoms with Crippen LogP contribution in [0.3, 0.4) is 0 Å². The van der Waals surface area contributed by atoms with E-state index in [0.717, 1.165) is 10.9 Å². The van der Waals surface area contributed by atoms with Crippen LogP contribution in [0, 0.1) is 0 Å². The summed E-state index contributed by atoms with van der Waals surface area (Å²) in [6.07, 6.45) is 5.66. The highest BCUT2D eigenvalue weighted by Gasteiger charge is 1.87. The lowest BCUT2D eigenvalue weighted by Crippen LogP contribution is -2.05. The number of carbonyl (C=O) groups excluding carboxylic acids is 1. The molecule has 0 rings (SSSR count). The molecule has 2 nitrogen and oxygen atoms in total. The summed E-state index contributed by atoms with van der Waals surface area (Å²) in [6.45, 7) is 0. The first-order valence-corrected chi connectivity index (χ1v) is 3.62. The molecule has 0 bridgehead atoms. The number of carbonyl (C=O) groups is 1. The molecule has 0 N–H and O–H groups in total. The molecule has 0 aromatic carbocycles. The number of nitrogens with zero attached hydrogens (tertiary/aromatic N) is 1. The van der Waals surface area contributed by atoms with Crippen molar-refractivity contribution >= 4 is 22.2 Å². The fraction of sp³-hybridized carbons (Fsp3) is 0.286. The van der Waals surface area contributed by atoms with Gasteiger partial charge in [-0.2, -0.15) is 0 Å². The maximum absolute atomic E-state index is 9.81.